The number of benzene rings is 1. The van der Waals surface area contributed by atoms with Crippen molar-refractivity contribution >= 4 is 10.0 Å². The fourth-order valence-corrected chi connectivity index (χ4v) is 4.79. The molecule has 0 spiro atoms. The van der Waals surface area contributed by atoms with Gasteiger partial charge in [0.1, 0.15) is 0 Å². The first-order valence-corrected chi connectivity index (χ1v) is 9.48. The molecule has 4 nitrogen and oxygen atoms in total. The molecule has 24 heavy (non-hydrogen) atoms. The first-order valence-electron chi connectivity index (χ1n) is 8.04. The van der Waals surface area contributed by atoms with Crippen LogP contribution in [0.4, 0.5) is 13.2 Å². The van der Waals surface area contributed by atoms with E-state index in [0.29, 0.717) is 25.8 Å². The van der Waals surface area contributed by atoms with Crippen molar-refractivity contribution in [2.45, 2.75) is 43.3 Å². The zero-order chi connectivity index (χ0) is 18.0. The van der Waals surface area contributed by atoms with E-state index in [-0.39, 0.29) is 10.9 Å². The number of sulfonamides is 1. The third kappa shape index (κ3) is 4.29. The van der Waals surface area contributed by atoms with Gasteiger partial charge < -0.3 is 4.90 Å². The maximum absolute atomic E-state index is 12.9. The Bertz CT molecular complexity index is 654. The molecule has 0 atom stereocenters. The van der Waals surface area contributed by atoms with Crippen molar-refractivity contribution in [3.8, 4) is 0 Å². The zero-order valence-corrected chi connectivity index (χ0v) is 14.7. The van der Waals surface area contributed by atoms with Crippen molar-refractivity contribution in [2.24, 2.45) is 0 Å². The average molecular weight is 364 g/mol. The molecule has 0 aromatic heterocycles. The molecule has 1 aromatic rings. The Kier molecular flexibility index (Phi) is 5.93. The molecule has 136 valence electrons. The molecule has 0 N–H and O–H groups in total. The van der Waals surface area contributed by atoms with Crippen LogP contribution in [0.1, 0.15) is 31.7 Å². The molecule has 2 rings (SSSR count). The quantitative estimate of drug-likeness (QED) is 0.806. The van der Waals surface area contributed by atoms with Gasteiger partial charge in [0, 0.05) is 12.6 Å². The third-order valence-corrected chi connectivity index (χ3v) is 6.26. The van der Waals surface area contributed by atoms with Crippen LogP contribution in [0.25, 0.3) is 0 Å². The van der Waals surface area contributed by atoms with Gasteiger partial charge in [-0.1, -0.05) is 13.0 Å². The summed E-state index contributed by atoms with van der Waals surface area (Å²) >= 11 is 0. The Morgan fingerprint density at radius 2 is 1.88 bits per heavy atom. The second-order valence-electron chi connectivity index (χ2n) is 6.18. The number of likely N-dealkylation sites (tertiary alicyclic amines) is 1. The predicted octanol–water partition coefficient (Wildman–Crippen LogP) is 3.20. The Labute approximate surface area is 141 Å². The van der Waals surface area contributed by atoms with Crippen LogP contribution in [-0.2, 0) is 16.2 Å². The van der Waals surface area contributed by atoms with Crippen molar-refractivity contribution in [3.63, 3.8) is 0 Å². The smallest absolute Gasteiger partial charge is 0.306 e. The average Bonchev–Trinajstić information content (AvgIpc) is 2.53. The van der Waals surface area contributed by atoms with Crippen LogP contribution in [-0.4, -0.2) is 50.3 Å². The molecule has 0 saturated carbocycles. The van der Waals surface area contributed by atoms with E-state index in [0.717, 1.165) is 31.3 Å². The summed E-state index contributed by atoms with van der Waals surface area (Å²) in [7, 11) is -1.97. The minimum absolute atomic E-state index is 0.166. The molecule has 0 radical (unpaired) electrons. The van der Waals surface area contributed by atoms with Crippen molar-refractivity contribution in [3.05, 3.63) is 29.8 Å². The first kappa shape index (κ1) is 19.2. The van der Waals surface area contributed by atoms with E-state index in [1.807, 2.05) is 14.0 Å². The minimum Gasteiger partial charge on any atom is -0.306 e. The van der Waals surface area contributed by atoms with Gasteiger partial charge in [-0.3, -0.25) is 0 Å². The Morgan fingerprint density at radius 3 is 2.42 bits per heavy atom. The van der Waals surface area contributed by atoms with E-state index in [9.17, 15) is 21.6 Å². The lowest BCUT2D eigenvalue weighted by atomic mass is 10.1. The zero-order valence-electron chi connectivity index (χ0n) is 13.9. The van der Waals surface area contributed by atoms with Crippen LogP contribution in [0.5, 0.6) is 0 Å². The molecule has 1 aliphatic rings. The summed E-state index contributed by atoms with van der Waals surface area (Å²) in [5, 5.41) is 0. The van der Waals surface area contributed by atoms with Gasteiger partial charge in [-0.05, 0) is 57.6 Å². The lowest BCUT2D eigenvalue weighted by molar-refractivity contribution is -0.137. The standard InChI is InChI=1S/C16H23F3N2O2S/c1-3-9-21(14-7-10-20(2)11-8-14)24(22,23)15-6-4-5-13(12-15)16(17,18)19/h4-6,12,14H,3,7-11H2,1-2H3. The van der Waals surface area contributed by atoms with Crippen molar-refractivity contribution in [1.82, 2.24) is 9.21 Å². The number of hydrogen-bond donors (Lipinski definition) is 0. The van der Waals surface area contributed by atoms with E-state index in [4.69, 9.17) is 0 Å². The van der Waals surface area contributed by atoms with E-state index in [1.165, 1.54) is 10.4 Å². The largest absolute Gasteiger partial charge is 0.416 e. The monoisotopic (exact) mass is 364 g/mol. The highest BCUT2D eigenvalue weighted by Gasteiger charge is 2.35. The number of piperidine rings is 1. The molecule has 1 aliphatic heterocycles. The van der Waals surface area contributed by atoms with Gasteiger partial charge in [0.25, 0.3) is 0 Å². The molecule has 0 aliphatic carbocycles. The van der Waals surface area contributed by atoms with E-state index < -0.39 is 21.8 Å². The summed E-state index contributed by atoms with van der Waals surface area (Å²) in [6.45, 7) is 3.74. The van der Waals surface area contributed by atoms with Crippen molar-refractivity contribution in [2.75, 3.05) is 26.7 Å². The van der Waals surface area contributed by atoms with Gasteiger partial charge in [-0.25, -0.2) is 8.42 Å². The van der Waals surface area contributed by atoms with Gasteiger partial charge in [-0.2, -0.15) is 17.5 Å². The fourth-order valence-electron chi connectivity index (χ4n) is 2.97. The predicted molar refractivity (Wildman–Crippen MR) is 86.1 cm³/mol. The van der Waals surface area contributed by atoms with E-state index >= 15 is 0 Å². The number of nitrogens with zero attached hydrogens (tertiary/aromatic N) is 2. The maximum atomic E-state index is 12.9. The minimum atomic E-state index is -4.56. The van der Waals surface area contributed by atoms with Crippen LogP contribution in [0.15, 0.2) is 29.2 Å². The SMILES string of the molecule is CCCN(C1CCN(C)CC1)S(=O)(=O)c1cccc(C(F)(F)F)c1. The highest BCUT2D eigenvalue weighted by Crippen LogP contribution is 2.32. The summed E-state index contributed by atoms with van der Waals surface area (Å²) in [5.74, 6) is 0. The van der Waals surface area contributed by atoms with Crippen LogP contribution in [0.2, 0.25) is 0 Å². The molecule has 8 heteroatoms. The molecule has 1 fully saturated rings. The molecule has 1 heterocycles. The summed E-state index contributed by atoms with van der Waals surface area (Å²) < 4.78 is 65.9. The summed E-state index contributed by atoms with van der Waals surface area (Å²) in [6.07, 6.45) is -2.57. The van der Waals surface area contributed by atoms with Gasteiger partial charge in [0.05, 0.1) is 10.5 Å². The molecular formula is C16H23F3N2O2S. The first-order chi connectivity index (χ1) is 11.2. The van der Waals surface area contributed by atoms with Gasteiger partial charge in [0.2, 0.25) is 10.0 Å². The van der Waals surface area contributed by atoms with Crippen molar-refractivity contribution in [1.29, 1.82) is 0 Å². The second-order valence-corrected chi connectivity index (χ2v) is 8.07. The van der Waals surface area contributed by atoms with Gasteiger partial charge >= 0.3 is 6.18 Å². The normalized spacial score (nSPS) is 18.2. The fraction of sp³-hybridized carbons (Fsp3) is 0.625. The molecule has 0 amide bonds. The van der Waals surface area contributed by atoms with Crippen molar-refractivity contribution < 1.29 is 21.6 Å². The Morgan fingerprint density at radius 1 is 1.25 bits per heavy atom. The highest BCUT2D eigenvalue weighted by atomic mass is 32.2. The topological polar surface area (TPSA) is 40.6 Å². The molecule has 1 aromatic carbocycles. The number of rotatable bonds is 5. The Balaban J connectivity index is 2.34. The van der Waals surface area contributed by atoms with Crippen LogP contribution in [0.3, 0.4) is 0 Å². The van der Waals surface area contributed by atoms with Crippen LogP contribution >= 0.6 is 0 Å². The van der Waals surface area contributed by atoms with Crippen LogP contribution in [0, 0.1) is 0 Å². The molecule has 0 unspecified atom stereocenters. The number of halogens is 3. The van der Waals surface area contributed by atoms with Crippen LogP contribution < -0.4 is 0 Å². The molecule has 1 saturated heterocycles. The van der Waals surface area contributed by atoms with Gasteiger partial charge in [-0.15, -0.1) is 0 Å². The summed E-state index contributed by atoms with van der Waals surface area (Å²) in [5.41, 5.74) is -0.941. The molecular weight excluding hydrogens is 341 g/mol. The summed E-state index contributed by atoms with van der Waals surface area (Å²) in [4.78, 5) is 1.84. The van der Waals surface area contributed by atoms with E-state index in [2.05, 4.69) is 4.90 Å². The third-order valence-electron chi connectivity index (χ3n) is 4.31. The maximum Gasteiger partial charge on any atom is 0.416 e. The van der Waals surface area contributed by atoms with E-state index in [1.54, 1.807) is 0 Å². The highest BCUT2D eigenvalue weighted by molar-refractivity contribution is 7.89. The second kappa shape index (κ2) is 7.41. The number of alkyl halides is 3. The Hall–Kier alpha value is -1.12. The van der Waals surface area contributed by atoms with Gasteiger partial charge in [0.15, 0.2) is 0 Å². The lowest BCUT2D eigenvalue weighted by Gasteiger charge is -2.36. The lowest BCUT2D eigenvalue weighted by Crippen LogP contribution is -2.46. The summed E-state index contributed by atoms with van der Waals surface area (Å²) in [6, 6.07) is 3.84. The molecule has 0 bridgehead atoms. The number of hydrogen-bond acceptors (Lipinski definition) is 3.